The molecule has 0 unspecified atom stereocenters. The molecule has 2 aliphatic rings. The van der Waals surface area contributed by atoms with Crippen LogP contribution in [0.5, 0.6) is 0 Å². The number of carbonyl (C=O) groups is 3. The zero-order valence-electron chi connectivity index (χ0n) is 12.5. The zero-order chi connectivity index (χ0) is 17.5. The van der Waals surface area contributed by atoms with Crippen LogP contribution in [0.1, 0.15) is 11.1 Å². The summed E-state index contributed by atoms with van der Waals surface area (Å²) in [6.45, 7) is 0.00279. The van der Waals surface area contributed by atoms with Crippen molar-refractivity contribution in [3.8, 4) is 0 Å². The van der Waals surface area contributed by atoms with E-state index in [1.165, 1.54) is 21.9 Å². The van der Waals surface area contributed by atoms with E-state index in [0.29, 0.717) is 12.0 Å². The van der Waals surface area contributed by atoms with Crippen LogP contribution >= 0.6 is 0 Å². The molecule has 2 fully saturated rings. The number of likely N-dealkylation sites (tertiary alicyclic amines) is 1. The van der Waals surface area contributed by atoms with Gasteiger partial charge in [-0.2, -0.15) is 13.2 Å². The minimum absolute atomic E-state index is 0.0110. The van der Waals surface area contributed by atoms with Crippen LogP contribution in [-0.4, -0.2) is 53.2 Å². The summed E-state index contributed by atoms with van der Waals surface area (Å²) in [5, 5.41) is 2.49. The van der Waals surface area contributed by atoms with Gasteiger partial charge >= 0.3 is 6.18 Å². The maximum Gasteiger partial charge on any atom is 0.416 e. The van der Waals surface area contributed by atoms with E-state index in [1.807, 2.05) is 0 Å². The third-order valence-electron chi connectivity index (χ3n) is 4.34. The van der Waals surface area contributed by atoms with Gasteiger partial charge in [0.05, 0.1) is 25.2 Å². The molecule has 1 spiro atoms. The van der Waals surface area contributed by atoms with Crippen molar-refractivity contribution in [2.75, 3.05) is 19.6 Å². The van der Waals surface area contributed by atoms with Crippen molar-refractivity contribution in [1.82, 2.24) is 15.1 Å². The molecule has 2 heterocycles. The lowest BCUT2D eigenvalue weighted by molar-refractivity contribution is -0.169. The van der Waals surface area contributed by atoms with E-state index in [4.69, 9.17) is 0 Å². The van der Waals surface area contributed by atoms with Crippen molar-refractivity contribution in [1.29, 1.82) is 0 Å². The van der Waals surface area contributed by atoms with E-state index in [2.05, 4.69) is 5.32 Å². The third-order valence-corrected chi connectivity index (χ3v) is 4.34. The van der Waals surface area contributed by atoms with Gasteiger partial charge in [-0.05, 0) is 17.7 Å². The highest BCUT2D eigenvalue weighted by Gasteiger charge is 2.57. The van der Waals surface area contributed by atoms with E-state index in [-0.39, 0.29) is 38.0 Å². The summed E-state index contributed by atoms with van der Waals surface area (Å²) in [5.41, 5.74) is -1.44. The molecule has 0 bridgehead atoms. The molecule has 9 heteroatoms. The fourth-order valence-electron chi connectivity index (χ4n) is 3.01. The van der Waals surface area contributed by atoms with Gasteiger partial charge in [-0.3, -0.25) is 14.4 Å². The Hall–Kier alpha value is -2.58. The molecule has 0 atom stereocenters. The maximum atomic E-state index is 12.6. The molecule has 128 valence electrons. The Morgan fingerprint density at radius 1 is 1.17 bits per heavy atom. The fraction of sp³-hybridized carbons (Fsp3) is 0.400. The number of carbonyl (C=O) groups excluding carboxylic acids is 3. The van der Waals surface area contributed by atoms with Crippen molar-refractivity contribution >= 4 is 18.2 Å². The molecule has 6 nitrogen and oxygen atoms in total. The molecule has 2 aliphatic heterocycles. The summed E-state index contributed by atoms with van der Waals surface area (Å²) in [5.74, 6) is -0.688. The molecule has 24 heavy (non-hydrogen) atoms. The Kier molecular flexibility index (Phi) is 3.73. The van der Waals surface area contributed by atoms with E-state index < -0.39 is 17.3 Å². The quantitative estimate of drug-likeness (QED) is 0.808. The summed E-state index contributed by atoms with van der Waals surface area (Å²) in [6.07, 6.45) is -3.84. The fourth-order valence-corrected chi connectivity index (χ4v) is 3.01. The SMILES string of the molecule is O=CN1CC2(C1)C(=O)NCC(=O)N2Cc1ccc(C(F)(F)F)cc1. The molecule has 1 aromatic rings. The van der Waals surface area contributed by atoms with E-state index in [9.17, 15) is 27.6 Å². The van der Waals surface area contributed by atoms with Gasteiger partial charge in [0.2, 0.25) is 18.2 Å². The van der Waals surface area contributed by atoms with Crippen molar-refractivity contribution < 1.29 is 27.6 Å². The molecule has 1 N–H and O–H groups in total. The highest BCUT2D eigenvalue weighted by molar-refractivity contribution is 5.99. The van der Waals surface area contributed by atoms with Crippen LogP contribution in [-0.2, 0) is 27.1 Å². The number of nitrogens with zero attached hydrogens (tertiary/aromatic N) is 2. The minimum Gasteiger partial charge on any atom is -0.345 e. The lowest BCUT2D eigenvalue weighted by atomic mass is 9.84. The molecule has 0 saturated carbocycles. The van der Waals surface area contributed by atoms with Crippen LogP contribution in [0.25, 0.3) is 0 Å². The first-order valence-electron chi connectivity index (χ1n) is 7.20. The van der Waals surface area contributed by atoms with Gasteiger partial charge in [0.25, 0.3) is 0 Å². The largest absolute Gasteiger partial charge is 0.416 e. The Bertz CT molecular complexity index is 681. The average molecular weight is 341 g/mol. The number of benzene rings is 1. The first-order valence-corrected chi connectivity index (χ1v) is 7.20. The highest BCUT2D eigenvalue weighted by atomic mass is 19.4. The van der Waals surface area contributed by atoms with Crippen LogP contribution in [0.3, 0.4) is 0 Å². The number of rotatable bonds is 3. The molecule has 0 aromatic heterocycles. The van der Waals surface area contributed by atoms with Gasteiger partial charge in [0.15, 0.2) is 5.54 Å². The van der Waals surface area contributed by atoms with Crippen LogP contribution in [0.15, 0.2) is 24.3 Å². The van der Waals surface area contributed by atoms with Gasteiger partial charge in [-0.25, -0.2) is 0 Å². The molecule has 3 rings (SSSR count). The number of nitrogens with one attached hydrogen (secondary N) is 1. The first kappa shape index (κ1) is 16.3. The standard InChI is InChI=1S/C15H14F3N3O3/c16-15(17,18)11-3-1-10(2-4-11)6-21-12(23)5-19-13(24)14(21)7-20(8-14)9-22/h1-4,9H,5-8H2,(H,19,24). The summed E-state index contributed by atoms with van der Waals surface area (Å²) in [6, 6.07) is 4.45. The Morgan fingerprint density at radius 2 is 1.79 bits per heavy atom. The third kappa shape index (κ3) is 2.59. The van der Waals surface area contributed by atoms with Crippen LogP contribution < -0.4 is 5.32 Å². The second-order valence-electron chi connectivity index (χ2n) is 5.90. The maximum absolute atomic E-state index is 12.6. The van der Waals surface area contributed by atoms with Crippen LogP contribution in [0, 0.1) is 0 Å². The summed E-state index contributed by atoms with van der Waals surface area (Å²) in [7, 11) is 0. The molecule has 0 aliphatic carbocycles. The molecule has 0 radical (unpaired) electrons. The van der Waals surface area contributed by atoms with E-state index in [1.54, 1.807) is 0 Å². The number of hydrogen-bond acceptors (Lipinski definition) is 3. The smallest absolute Gasteiger partial charge is 0.345 e. The number of amides is 3. The van der Waals surface area contributed by atoms with Crippen molar-refractivity contribution in [2.24, 2.45) is 0 Å². The second kappa shape index (κ2) is 5.50. The van der Waals surface area contributed by atoms with Gasteiger partial charge < -0.3 is 15.1 Å². The summed E-state index contributed by atoms with van der Waals surface area (Å²) < 4.78 is 37.8. The van der Waals surface area contributed by atoms with Gasteiger partial charge in [-0.15, -0.1) is 0 Å². The van der Waals surface area contributed by atoms with Crippen molar-refractivity contribution in [3.05, 3.63) is 35.4 Å². The number of alkyl halides is 3. The van der Waals surface area contributed by atoms with Crippen LogP contribution in [0.4, 0.5) is 13.2 Å². The Balaban J connectivity index is 1.82. The van der Waals surface area contributed by atoms with E-state index in [0.717, 1.165) is 12.1 Å². The number of halogens is 3. The molecular formula is C15H14F3N3O3. The predicted molar refractivity (Wildman–Crippen MR) is 75.4 cm³/mol. The van der Waals surface area contributed by atoms with Crippen molar-refractivity contribution in [3.63, 3.8) is 0 Å². The van der Waals surface area contributed by atoms with E-state index >= 15 is 0 Å². The lowest BCUT2D eigenvalue weighted by Gasteiger charge is -2.54. The molecule has 1 aromatic carbocycles. The monoisotopic (exact) mass is 341 g/mol. The second-order valence-corrected chi connectivity index (χ2v) is 5.90. The molecular weight excluding hydrogens is 327 g/mol. The number of piperazine rings is 1. The normalized spacial score (nSPS) is 20.0. The lowest BCUT2D eigenvalue weighted by Crippen LogP contribution is -2.79. The summed E-state index contributed by atoms with van der Waals surface area (Å²) >= 11 is 0. The average Bonchev–Trinajstić information content (AvgIpc) is 2.49. The number of hydrogen-bond donors (Lipinski definition) is 1. The van der Waals surface area contributed by atoms with Gasteiger partial charge in [-0.1, -0.05) is 12.1 Å². The summed E-state index contributed by atoms with van der Waals surface area (Å²) in [4.78, 5) is 37.9. The van der Waals surface area contributed by atoms with Crippen LogP contribution in [0.2, 0.25) is 0 Å². The first-order chi connectivity index (χ1) is 11.3. The minimum atomic E-state index is -4.43. The molecule has 2 saturated heterocycles. The van der Waals surface area contributed by atoms with Gasteiger partial charge in [0.1, 0.15) is 0 Å². The van der Waals surface area contributed by atoms with Gasteiger partial charge in [0, 0.05) is 6.54 Å². The van der Waals surface area contributed by atoms with Crippen molar-refractivity contribution in [2.45, 2.75) is 18.3 Å². The predicted octanol–water partition coefficient (Wildman–Crippen LogP) is 0.375. The highest BCUT2D eigenvalue weighted by Crippen LogP contribution is 2.32. The topological polar surface area (TPSA) is 69.7 Å². The Labute approximate surface area is 135 Å². The molecule has 3 amide bonds. The zero-order valence-corrected chi connectivity index (χ0v) is 12.5. The Morgan fingerprint density at radius 3 is 2.33 bits per heavy atom.